The number of nitrogens with zero attached hydrogens (tertiary/aromatic N) is 2. The molecular weight excluding hydrogens is 196 g/mol. The molecule has 0 aliphatic rings. The highest BCUT2D eigenvalue weighted by molar-refractivity contribution is 5.83. The monoisotopic (exact) mass is 206 g/mol. The molecule has 0 aliphatic carbocycles. The van der Waals surface area contributed by atoms with Crippen molar-refractivity contribution in [2.24, 2.45) is 0 Å². The Bertz CT molecular complexity index is 504. The van der Waals surface area contributed by atoms with Crippen molar-refractivity contribution in [1.29, 1.82) is 0 Å². The number of carboxylic acid groups (broad SMARTS) is 1. The second-order valence-corrected chi connectivity index (χ2v) is 3.25. The summed E-state index contributed by atoms with van der Waals surface area (Å²) in [6, 6.07) is 5.09. The molecule has 0 atom stereocenters. The zero-order chi connectivity index (χ0) is 10.8. The van der Waals surface area contributed by atoms with Crippen molar-refractivity contribution >= 4 is 16.9 Å². The lowest BCUT2D eigenvalue weighted by Crippen LogP contribution is -2.04. The smallest absolute Gasteiger partial charge is 0.305 e. The summed E-state index contributed by atoms with van der Waals surface area (Å²) in [6.45, 7) is 0.309. The predicted octanol–water partition coefficient (Wildman–Crippen LogP) is 1.22. The standard InChI is InChI=1S/C10H10N2O3/c13-8-3-1-2-7-6-12(11-10(7)8)5-4-9(14)15/h1-3,6,13H,4-5H2,(H,14,15). The number of phenolic OH excluding ortho intramolecular Hbond substituents is 1. The van der Waals surface area contributed by atoms with Crippen LogP contribution in [0.3, 0.4) is 0 Å². The van der Waals surface area contributed by atoms with E-state index in [0.717, 1.165) is 5.39 Å². The number of carboxylic acids is 1. The summed E-state index contributed by atoms with van der Waals surface area (Å²) < 4.78 is 1.53. The van der Waals surface area contributed by atoms with Gasteiger partial charge in [0, 0.05) is 11.6 Å². The topological polar surface area (TPSA) is 75.3 Å². The molecule has 1 aromatic heterocycles. The van der Waals surface area contributed by atoms with E-state index in [1.165, 1.54) is 4.68 Å². The molecule has 2 rings (SSSR count). The van der Waals surface area contributed by atoms with Crippen LogP contribution < -0.4 is 0 Å². The Morgan fingerprint density at radius 1 is 1.47 bits per heavy atom. The van der Waals surface area contributed by atoms with Crippen molar-refractivity contribution < 1.29 is 15.0 Å². The number of aromatic hydroxyl groups is 1. The van der Waals surface area contributed by atoms with Crippen LogP contribution in [0.15, 0.2) is 24.4 Å². The zero-order valence-electron chi connectivity index (χ0n) is 7.92. The zero-order valence-corrected chi connectivity index (χ0v) is 7.92. The fourth-order valence-corrected chi connectivity index (χ4v) is 1.40. The van der Waals surface area contributed by atoms with Crippen LogP contribution in [-0.2, 0) is 11.3 Å². The molecule has 0 radical (unpaired) electrons. The first-order chi connectivity index (χ1) is 7.16. The molecule has 1 heterocycles. The average Bonchev–Trinajstić information content (AvgIpc) is 2.59. The number of fused-ring (bicyclic) bond motifs is 1. The quantitative estimate of drug-likeness (QED) is 0.791. The third-order valence-corrected chi connectivity index (χ3v) is 2.12. The van der Waals surface area contributed by atoms with E-state index in [9.17, 15) is 9.90 Å². The molecule has 0 amide bonds. The highest BCUT2D eigenvalue weighted by Crippen LogP contribution is 2.22. The third kappa shape index (κ3) is 1.90. The van der Waals surface area contributed by atoms with Gasteiger partial charge in [0.2, 0.25) is 0 Å². The molecule has 15 heavy (non-hydrogen) atoms. The van der Waals surface area contributed by atoms with E-state index < -0.39 is 5.97 Å². The van der Waals surface area contributed by atoms with Crippen molar-refractivity contribution in [3.8, 4) is 5.75 Å². The van der Waals surface area contributed by atoms with Gasteiger partial charge in [-0.15, -0.1) is 0 Å². The van der Waals surface area contributed by atoms with Gasteiger partial charge in [-0.1, -0.05) is 12.1 Å². The molecule has 0 unspecified atom stereocenters. The van der Waals surface area contributed by atoms with Gasteiger partial charge in [-0.25, -0.2) is 0 Å². The first kappa shape index (κ1) is 9.51. The van der Waals surface area contributed by atoms with Crippen LogP contribution in [0.4, 0.5) is 0 Å². The lowest BCUT2D eigenvalue weighted by molar-refractivity contribution is -0.137. The van der Waals surface area contributed by atoms with Gasteiger partial charge in [-0.3, -0.25) is 9.48 Å². The molecule has 1 aromatic carbocycles. The number of hydrogen-bond donors (Lipinski definition) is 2. The van der Waals surface area contributed by atoms with Crippen molar-refractivity contribution in [2.45, 2.75) is 13.0 Å². The number of rotatable bonds is 3. The molecule has 0 aliphatic heterocycles. The Morgan fingerprint density at radius 3 is 2.93 bits per heavy atom. The van der Waals surface area contributed by atoms with Crippen LogP contribution in [0, 0.1) is 0 Å². The number of aryl methyl sites for hydroxylation is 1. The van der Waals surface area contributed by atoms with Crippen LogP contribution in [0.5, 0.6) is 5.75 Å². The molecule has 2 N–H and O–H groups in total. The number of carbonyl (C=O) groups is 1. The van der Waals surface area contributed by atoms with Crippen LogP contribution >= 0.6 is 0 Å². The van der Waals surface area contributed by atoms with Crippen molar-refractivity contribution in [1.82, 2.24) is 9.78 Å². The van der Waals surface area contributed by atoms with E-state index in [-0.39, 0.29) is 12.2 Å². The van der Waals surface area contributed by atoms with Crippen LogP contribution in [0.25, 0.3) is 10.9 Å². The molecule has 0 spiro atoms. The fourth-order valence-electron chi connectivity index (χ4n) is 1.40. The summed E-state index contributed by atoms with van der Waals surface area (Å²) in [6.07, 6.45) is 1.74. The molecule has 78 valence electrons. The minimum absolute atomic E-state index is 0.0226. The molecule has 0 bridgehead atoms. The molecule has 2 aromatic rings. The van der Waals surface area contributed by atoms with Crippen LogP contribution in [0.2, 0.25) is 0 Å². The Labute approximate surface area is 85.6 Å². The van der Waals surface area contributed by atoms with Crippen LogP contribution in [0.1, 0.15) is 6.42 Å². The first-order valence-corrected chi connectivity index (χ1v) is 4.54. The van der Waals surface area contributed by atoms with E-state index in [1.807, 2.05) is 6.07 Å². The van der Waals surface area contributed by atoms with Gasteiger partial charge in [-0.2, -0.15) is 5.10 Å². The number of aliphatic carboxylic acids is 1. The molecule has 5 nitrogen and oxygen atoms in total. The molecule has 0 saturated carbocycles. The number of aromatic nitrogens is 2. The lowest BCUT2D eigenvalue weighted by atomic mass is 10.2. The molecular formula is C10H10N2O3. The number of hydrogen-bond acceptors (Lipinski definition) is 3. The lowest BCUT2D eigenvalue weighted by Gasteiger charge is -1.95. The molecule has 0 fully saturated rings. The number of phenols is 1. The SMILES string of the molecule is O=C(O)CCn1cc2cccc(O)c2n1. The largest absolute Gasteiger partial charge is 0.506 e. The minimum Gasteiger partial charge on any atom is -0.506 e. The normalized spacial score (nSPS) is 10.7. The predicted molar refractivity (Wildman–Crippen MR) is 53.7 cm³/mol. The number of benzene rings is 1. The van der Waals surface area contributed by atoms with Gasteiger partial charge in [0.25, 0.3) is 0 Å². The summed E-state index contributed by atoms with van der Waals surface area (Å²) in [7, 11) is 0. The first-order valence-electron chi connectivity index (χ1n) is 4.54. The van der Waals surface area contributed by atoms with Crippen molar-refractivity contribution in [2.75, 3.05) is 0 Å². The minimum atomic E-state index is -0.862. The van der Waals surface area contributed by atoms with Gasteiger partial charge in [0.05, 0.1) is 13.0 Å². The summed E-state index contributed by atoms with van der Waals surface area (Å²) in [4.78, 5) is 10.4. The van der Waals surface area contributed by atoms with Gasteiger partial charge >= 0.3 is 5.97 Å². The van der Waals surface area contributed by atoms with Gasteiger partial charge in [0.1, 0.15) is 11.3 Å². The Morgan fingerprint density at radius 2 is 2.27 bits per heavy atom. The fraction of sp³-hybridized carbons (Fsp3) is 0.200. The van der Waals surface area contributed by atoms with Crippen molar-refractivity contribution in [3.05, 3.63) is 24.4 Å². The summed E-state index contributed by atoms with van der Waals surface area (Å²) in [5.41, 5.74) is 0.503. The summed E-state index contributed by atoms with van der Waals surface area (Å²) in [5, 5.41) is 22.9. The van der Waals surface area contributed by atoms with Crippen LogP contribution in [-0.4, -0.2) is 26.0 Å². The van der Waals surface area contributed by atoms with E-state index >= 15 is 0 Å². The van der Waals surface area contributed by atoms with Gasteiger partial charge in [-0.05, 0) is 6.07 Å². The third-order valence-electron chi connectivity index (χ3n) is 2.12. The molecule has 5 heteroatoms. The van der Waals surface area contributed by atoms with Crippen molar-refractivity contribution in [3.63, 3.8) is 0 Å². The maximum atomic E-state index is 10.4. The summed E-state index contributed by atoms with van der Waals surface area (Å²) >= 11 is 0. The van der Waals surface area contributed by atoms with Gasteiger partial charge < -0.3 is 10.2 Å². The van der Waals surface area contributed by atoms with E-state index in [4.69, 9.17) is 5.11 Å². The highest BCUT2D eigenvalue weighted by atomic mass is 16.4. The highest BCUT2D eigenvalue weighted by Gasteiger charge is 2.05. The Hall–Kier alpha value is -2.04. The Kier molecular flexibility index (Phi) is 2.29. The van der Waals surface area contributed by atoms with E-state index in [1.54, 1.807) is 18.3 Å². The average molecular weight is 206 g/mol. The molecule has 0 saturated heterocycles. The van der Waals surface area contributed by atoms with E-state index in [0.29, 0.717) is 12.1 Å². The second-order valence-electron chi connectivity index (χ2n) is 3.25. The summed E-state index contributed by atoms with van der Waals surface area (Å²) in [5.74, 6) is -0.750. The van der Waals surface area contributed by atoms with Gasteiger partial charge in [0.15, 0.2) is 0 Å². The maximum Gasteiger partial charge on any atom is 0.305 e. The maximum absolute atomic E-state index is 10.4. The second kappa shape index (κ2) is 3.61. The van der Waals surface area contributed by atoms with E-state index in [2.05, 4.69) is 5.10 Å². The Balaban J connectivity index is 2.31.